The second kappa shape index (κ2) is 20.2. The van der Waals surface area contributed by atoms with Crippen molar-refractivity contribution in [1.82, 2.24) is 0 Å². The molecule has 0 aromatic heterocycles. The standard InChI is InChI=1S/C12H26O3S.C4H6O4.Na.H/c1-2-3-4-5-6-7-8-9-10-11-12-16(13,14)15;5-3(6)1-2-4(7)8;;/h2-12H2,1H3,(H,13,14,15);1-2H2,(H,5,6)(H,7,8);;/q;;+1;-1. The van der Waals surface area contributed by atoms with Crippen LogP contribution in [0.3, 0.4) is 0 Å². The summed E-state index contributed by atoms with van der Waals surface area (Å²) >= 11 is 0. The zero-order valence-electron chi connectivity index (χ0n) is 16.6. The van der Waals surface area contributed by atoms with Gasteiger partial charge in [0.25, 0.3) is 10.1 Å². The third-order valence-electron chi connectivity index (χ3n) is 3.31. The Morgan fingerprint density at radius 3 is 1.36 bits per heavy atom. The number of aliphatic carboxylic acids is 2. The minimum atomic E-state index is -3.73. The van der Waals surface area contributed by atoms with E-state index in [0.717, 1.165) is 12.8 Å². The Balaban J connectivity index is -0.000000208. The van der Waals surface area contributed by atoms with Crippen molar-refractivity contribution in [3.05, 3.63) is 0 Å². The first kappa shape index (κ1) is 29.6. The molecule has 3 N–H and O–H groups in total. The Labute approximate surface area is 175 Å². The van der Waals surface area contributed by atoms with Crippen molar-refractivity contribution < 1.29 is 63.8 Å². The van der Waals surface area contributed by atoms with Crippen LogP contribution in [0.2, 0.25) is 0 Å². The average molecular weight is 392 g/mol. The number of carboxylic acid groups (broad SMARTS) is 2. The second-order valence-electron chi connectivity index (χ2n) is 5.76. The summed E-state index contributed by atoms with van der Waals surface area (Å²) in [4.78, 5) is 19.3. The van der Waals surface area contributed by atoms with Crippen molar-refractivity contribution in [2.45, 2.75) is 84.0 Å². The molecule has 0 saturated carbocycles. The molecule has 0 aromatic carbocycles. The maximum Gasteiger partial charge on any atom is 1.00 e. The third kappa shape index (κ3) is 35.7. The van der Waals surface area contributed by atoms with Crippen molar-refractivity contribution in [1.29, 1.82) is 0 Å². The van der Waals surface area contributed by atoms with Crippen LogP contribution < -0.4 is 29.6 Å². The van der Waals surface area contributed by atoms with E-state index in [1.165, 1.54) is 44.9 Å². The maximum atomic E-state index is 10.4. The minimum absolute atomic E-state index is 0. The molecule has 0 aromatic rings. The smallest absolute Gasteiger partial charge is 1.00 e. The van der Waals surface area contributed by atoms with Crippen LogP contribution in [0, 0.1) is 0 Å². The normalized spacial score (nSPS) is 10.3. The van der Waals surface area contributed by atoms with Crippen LogP contribution in [-0.4, -0.2) is 40.9 Å². The summed E-state index contributed by atoms with van der Waals surface area (Å²) in [6.07, 6.45) is 11.1. The van der Waals surface area contributed by atoms with Gasteiger partial charge in [-0.05, 0) is 6.42 Å². The van der Waals surface area contributed by atoms with Crippen molar-refractivity contribution in [2.24, 2.45) is 0 Å². The third-order valence-corrected chi connectivity index (χ3v) is 4.11. The summed E-state index contributed by atoms with van der Waals surface area (Å²) in [5, 5.41) is 15.8. The summed E-state index contributed by atoms with van der Waals surface area (Å²) < 4.78 is 29.4. The molecule has 0 unspecified atom stereocenters. The van der Waals surface area contributed by atoms with Gasteiger partial charge in [-0.25, -0.2) is 0 Å². The van der Waals surface area contributed by atoms with Gasteiger partial charge in [0.15, 0.2) is 0 Å². The Morgan fingerprint density at radius 2 is 1.08 bits per heavy atom. The Morgan fingerprint density at radius 1 is 0.760 bits per heavy atom. The topological polar surface area (TPSA) is 129 Å². The number of hydrogen-bond donors (Lipinski definition) is 3. The summed E-state index contributed by atoms with van der Waals surface area (Å²) in [7, 11) is -3.73. The van der Waals surface area contributed by atoms with Crippen LogP contribution in [0.1, 0.15) is 85.4 Å². The van der Waals surface area contributed by atoms with Crippen LogP contribution in [0.5, 0.6) is 0 Å². The molecule has 0 aliphatic rings. The predicted molar refractivity (Wildman–Crippen MR) is 93.9 cm³/mol. The van der Waals surface area contributed by atoms with E-state index in [1.54, 1.807) is 0 Å². The SMILES string of the molecule is CCCCCCCCCCCCS(=O)(=O)O.O=C(O)CCC(=O)O.[H-].[Na+]. The summed E-state index contributed by atoms with van der Waals surface area (Å²) in [6, 6.07) is 0. The van der Waals surface area contributed by atoms with Gasteiger partial charge in [0.1, 0.15) is 0 Å². The van der Waals surface area contributed by atoms with Gasteiger partial charge in [-0.15, -0.1) is 0 Å². The van der Waals surface area contributed by atoms with E-state index in [2.05, 4.69) is 6.92 Å². The molecule has 0 rings (SSSR count). The molecule has 0 spiro atoms. The Kier molecular flexibility index (Phi) is 23.9. The Hall–Kier alpha value is -0.150. The van der Waals surface area contributed by atoms with Gasteiger partial charge < -0.3 is 11.6 Å². The summed E-state index contributed by atoms with van der Waals surface area (Å²) in [6.45, 7) is 2.22. The average Bonchev–Trinajstić information content (AvgIpc) is 2.46. The minimum Gasteiger partial charge on any atom is -1.00 e. The van der Waals surface area contributed by atoms with E-state index in [0.29, 0.717) is 6.42 Å². The van der Waals surface area contributed by atoms with Gasteiger partial charge in [-0.3, -0.25) is 14.1 Å². The molecule has 146 valence electrons. The van der Waals surface area contributed by atoms with Gasteiger partial charge in [-0.1, -0.05) is 64.7 Å². The first-order chi connectivity index (χ1) is 11.2. The molecule has 0 saturated heterocycles. The fraction of sp³-hybridized carbons (Fsp3) is 0.875. The van der Waals surface area contributed by atoms with Crippen LogP contribution in [0.15, 0.2) is 0 Å². The van der Waals surface area contributed by atoms with Crippen molar-refractivity contribution in [2.75, 3.05) is 5.75 Å². The molecule has 7 nitrogen and oxygen atoms in total. The van der Waals surface area contributed by atoms with E-state index >= 15 is 0 Å². The van der Waals surface area contributed by atoms with Crippen LogP contribution >= 0.6 is 0 Å². The van der Waals surface area contributed by atoms with E-state index in [4.69, 9.17) is 14.8 Å². The second-order valence-corrected chi connectivity index (χ2v) is 7.33. The molecule has 0 atom stereocenters. The number of carboxylic acids is 2. The molecule has 9 heteroatoms. The van der Waals surface area contributed by atoms with Crippen molar-refractivity contribution in [3.63, 3.8) is 0 Å². The van der Waals surface area contributed by atoms with Crippen LogP contribution in [0.25, 0.3) is 0 Å². The zero-order valence-corrected chi connectivity index (χ0v) is 18.4. The zero-order chi connectivity index (χ0) is 18.8. The van der Waals surface area contributed by atoms with Gasteiger partial charge in [0.2, 0.25) is 0 Å². The number of unbranched alkanes of at least 4 members (excludes halogenated alkanes) is 9. The molecule has 0 amide bonds. The van der Waals surface area contributed by atoms with E-state index < -0.39 is 22.1 Å². The fourth-order valence-electron chi connectivity index (χ4n) is 1.99. The molecule has 0 aliphatic carbocycles. The van der Waals surface area contributed by atoms with Gasteiger partial charge >= 0.3 is 41.5 Å². The molecule has 25 heavy (non-hydrogen) atoms. The first-order valence-electron chi connectivity index (χ1n) is 8.57. The first-order valence-corrected chi connectivity index (χ1v) is 10.2. The number of carbonyl (C=O) groups is 2. The van der Waals surface area contributed by atoms with Gasteiger partial charge in [0.05, 0.1) is 18.6 Å². The predicted octanol–water partition coefficient (Wildman–Crippen LogP) is 0.847. The molecule has 0 radical (unpaired) electrons. The largest absolute Gasteiger partial charge is 1.00 e. The molecule has 0 bridgehead atoms. The fourth-order valence-corrected chi connectivity index (χ4v) is 2.55. The molecular weight excluding hydrogens is 359 g/mol. The van der Waals surface area contributed by atoms with E-state index in [-0.39, 0.29) is 49.6 Å². The molecule has 0 aliphatic heterocycles. The van der Waals surface area contributed by atoms with E-state index in [9.17, 15) is 18.0 Å². The van der Waals surface area contributed by atoms with Gasteiger partial charge in [0, 0.05) is 0 Å². The summed E-state index contributed by atoms with van der Waals surface area (Å²) in [5.41, 5.74) is 0. The van der Waals surface area contributed by atoms with E-state index in [1.807, 2.05) is 0 Å². The Bertz CT molecular complexity index is 416. The quantitative estimate of drug-likeness (QED) is 0.227. The molecule has 0 heterocycles. The van der Waals surface area contributed by atoms with Crippen LogP contribution in [0.4, 0.5) is 0 Å². The maximum absolute atomic E-state index is 10.4. The van der Waals surface area contributed by atoms with Crippen molar-refractivity contribution in [3.8, 4) is 0 Å². The molecular formula is C16H33NaO7S. The van der Waals surface area contributed by atoms with Gasteiger partial charge in [-0.2, -0.15) is 8.42 Å². The number of hydrogen-bond acceptors (Lipinski definition) is 4. The monoisotopic (exact) mass is 392 g/mol. The molecule has 0 fully saturated rings. The number of rotatable bonds is 14. The van der Waals surface area contributed by atoms with Crippen molar-refractivity contribution >= 4 is 22.1 Å². The van der Waals surface area contributed by atoms with Crippen LogP contribution in [-0.2, 0) is 19.7 Å². The summed E-state index contributed by atoms with van der Waals surface area (Å²) in [5.74, 6) is -2.23.